The third kappa shape index (κ3) is 4.54. The molecular weight excluding hydrogens is 395 g/mol. The van der Waals surface area contributed by atoms with E-state index in [0.717, 1.165) is 5.01 Å². The topological polar surface area (TPSA) is 67.9 Å². The fourth-order valence-electron chi connectivity index (χ4n) is 2.95. The molecule has 1 atom stereocenters. The first-order valence-electron chi connectivity index (χ1n) is 8.79. The number of hydrazine groups is 1. The Morgan fingerprint density at radius 3 is 2.00 bits per heavy atom. The van der Waals surface area contributed by atoms with Gasteiger partial charge in [-0.2, -0.15) is 0 Å². The second kappa shape index (κ2) is 9.11. The SMILES string of the molecule is CC1(c2ccc(Oc3ccccc3)cc2)OC(=O)N(Nc2ccccc2)C1=O.[KH]. The zero-order valence-corrected chi connectivity index (χ0v) is 15.2. The number of amides is 2. The maximum atomic E-state index is 12.9. The summed E-state index contributed by atoms with van der Waals surface area (Å²) in [7, 11) is 0. The van der Waals surface area contributed by atoms with E-state index >= 15 is 0 Å². The molecule has 1 aliphatic rings. The predicted molar refractivity (Wildman–Crippen MR) is 111 cm³/mol. The number of benzene rings is 3. The van der Waals surface area contributed by atoms with E-state index in [9.17, 15) is 9.59 Å². The van der Waals surface area contributed by atoms with Crippen LogP contribution in [0.4, 0.5) is 10.5 Å². The molecule has 0 radical (unpaired) electrons. The number of hydrogen-bond donors (Lipinski definition) is 1. The summed E-state index contributed by atoms with van der Waals surface area (Å²) in [6, 6.07) is 25.3. The van der Waals surface area contributed by atoms with E-state index in [2.05, 4.69) is 5.43 Å². The molecule has 1 aliphatic heterocycles. The van der Waals surface area contributed by atoms with Gasteiger partial charge in [-0.05, 0) is 43.3 Å². The normalized spacial score (nSPS) is 18.0. The van der Waals surface area contributed by atoms with Gasteiger partial charge in [-0.15, -0.1) is 5.01 Å². The van der Waals surface area contributed by atoms with E-state index in [1.807, 2.05) is 36.4 Å². The Labute approximate surface area is 211 Å². The van der Waals surface area contributed by atoms with Crippen LogP contribution in [0.2, 0.25) is 0 Å². The van der Waals surface area contributed by atoms with Gasteiger partial charge in [0.25, 0.3) is 5.91 Å². The fourth-order valence-corrected chi connectivity index (χ4v) is 2.95. The summed E-state index contributed by atoms with van der Waals surface area (Å²) in [6.07, 6.45) is -0.749. The molecule has 0 spiro atoms. The van der Waals surface area contributed by atoms with Crippen molar-refractivity contribution in [2.24, 2.45) is 0 Å². The first-order valence-corrected chi connectivity index (χ1v) is 8.79. The number of carbonyl (C=O) groups excluding carboxylic acids is 2. The molecule has 6 nitrogen and oxygen atoms in total. The molecule has 0 aromatic heterocycles. The zero-order chi connectivity index (χ0) is 19.6. The molecule has 0 aliphatic carbocycles. The summed E-state index contributed by atoms with van der Waals surface area (Å²) in [6.45, 7) is 1.58. The van der Waals surface area contributed by atoms with Crippen LogP contribution >= 0.6 is 0 Å². The van der Waals surface area contributed by atoms with Gasteiger partial charge in [0, 0.05) is 5.56 Å². The van der Waals surface area contributed by atoms with Gasteiger partial charge in [0.1, 0.15) is 11.5 Å². The Morgan fingerprint density at radius 1 is 0.828 bits per heavy atom. The number of cyclic esters (lactones) is 1. The Hall–Kier alpha value is -2.16. The number of imide groups is 1. The van der Waals surface area contributed by atoms with Crippen LogP contribution in [0.3, 0.4) is 0 Å². The van der Waals surface area contributed by atoms with Gasteiger partial charge in [-0.25, -0.2) is 4.79 Å². The first kappa shape index (κ1) is 21.5. The first-order chi connectivity index (χ1) is 13.6. The molecule has 3 aromatic rings. The van der Waals surface area contributed by atoms with Crippen molar-refractivity contribution in [3.63, 3.8) is 0 Å². The summed E-state index contributed by atoms with van der Waals surface area (Å²) >= 11 is 0. The number of hydrogen-bond acceptors (Lipinski definition) is 5. The van der Waals surface area contributed by atoms with Gasteiger partial charge < -0.3 is 9.47 Å². The van der Waals surface area contributed by atoms with Crippen LogP contribution in [-0.2, 0) is 15.1 Å². The van der Waals surface area contributed by atoms with E-state index in [1.165, 1.54) is 0 Å². The summed E-state index contributed by atoms with van der Waals surface area (Å²) in [5.41, 5.74) is 2.55. The molecule has 142 valence electrons. The van der Waals surface area contributed by atoms with Crippen molar-refractivity contribution >= 4 is 69.1 Å². The maximum absolute atomic E-state index is 12.9. The minimum atomic E-state index is -1.41. The van der Waals surface area contributed by atoms with Gasteiger partial charge in [0.05, 0.1) is 5.69 Å². The molecule has 4 rings (SSSR count). The van der Waals surface area contributed by atoms with Crippen LogP contribution in [0.5, 0.6) is 11.5 Å². The van der Waals surface area contributed by atoms with Crippen molar-refractivity contribution in [1.82, 2.24) is 5.01 Å². The molecule has 1 saturated heterocycles. The summed E-state index contributed by atoms with van der Waals surface area (Å²) in [4.78, 5) is 25.2. The average molecular weight is 415 g/mol. The van der Waals surface area contributed by atoms with Crippen molar-refractivity contribution in [1.29, 1.82) is 0 Å². The van der Waals surface area contributed by atoms with Crippen LogP contribution in [0, 0.1) is 0 Å². The third-order valence-corrected chi connectivity index (χ3v) is 4.48. The number of rotatable bonds is 5. The Morgan fingerprint density at radius 2 is 1.38 bits per heavy atom. The average Bonchev–Trinajstić information content (AvgIpc) is 2.94. The standard InChI is InChI=1S/C22H18N2O4.K.H/c1-22(16-12-14-19(15-13-16)27-18-10-6-3-7-11-18)20(25)24(21(26)28-22)23-17-8-4-2-5-9-17;;/h2-15,23H,1H3;;. The summed E-state index contributed by atoms with van der Waals surface area (Å²) in [5.74, 6) is 0.843. The molecule has 1 unspecified atom stereocenters. The van der Waals surface area contributed by atoms with Gasteiger partial charge >= 0.3 is 57.5 Å². The van der Waals surface area contributed by atoms with E-state index < -0.39 is 17.6 Å². The number of para-hydroxylation sites is 2. The zero-order valence-electron chi connectivity index (χ0n) is 15.2. The van der Waals surface area contributed by atoms with Crippen LogP contribution in [0.15, 0.2) is 84.9 Å². The minimum absolute atomic E-state index is 0. The van der Waals surface area contributed by atoms with Crippen LogP contribution in [0.25, 0.3) is 0 Å². The molecule has 1 N–H and O–H groups in total. The molecule has 0 bridgehead atoms. The van der Waals surface area contributed by atoms with Crippen LogP contribution in [-0.4, -0.2) is 68.4 Å². The van der Waals surface area contributed by atoms with Crippen molar-refractivity contribution in [3.05, 3.63) is 90.5 Å². The molecule has 2 amide bonds. The molecule has 3 aromatic carbocycles. The van der Waals surface area contributed by atoms with Crippen LogP contribution in [0.1, 0.15) is 12.5 Å². The molecular formula is C22H19KN2O4. The number of ether oxygens (including phenoxy) is 2. The number of carbonyl (C=O) groups is 2. The fraction of sp³-hybridized carbons (Fsp3) is 0.0909. The van der Waals surface area contributed by atoms with Gasteiger partial charge in [-0.3, -0.25) is 10.2 Å². The number of nitrogens with one attached hydrogen (secondary N) is 1. The summed E-state index contributed by atoms with van der Waals surface area (Å²) in [5, 5.41) is 0.893. The second-order valence-electron chi connectivity index (χ2n) is 6.46. The molecule has 0 saturated carbocycles. The quantitative estimate of drug-likeness (QED) is 0.638. The molecule has 29 heavy (non-hydrogen) atoms. The van der Waals surface area contributed by atoms with Gasteiger partial charge in [0.2, 0.25) is 5.60 Å². The monoisotopic (exact) mass is 414 g/mol. The van der Waals surface area contributed by atoms with Crippen molar-refractivity contribution in [3.8, 4) is 11.5 Å². The van der Waals surface area contributed by atoms with E-state index in [-0.39, 0.29) is 51.4 Å². The molecule has 7 heteroatoms. The van der Waals surface area contributed by atoms with Gasteiger partial charge in [0.15, 0.2) is 0 Å². The van der Waals surface area contributed by atoms with Crippen molar-refractivity contribution in [2.45, 2.75) is 12.5 Å². The van der Waals surface area contributed by atoms with Crippen LogP contribution < -0.4 is 10.2 Å². The Balaban J connectivity index is 0.00000240. The Kier molecular flexibility index (Phi) is 6.76. The molecule has 1 heterocycles. The predicted octanol–water partition coefficient (Wildman–Crippen LogP) is 4.05. The summed E-state index contributed by atoms with van der Waals surface area (Å²) < 4.78 is 11.2. The molecule has 1 fully saturated rings. The van der Waals surface area contributed by atoms with E-state index in [4.69, 9.17) is 9.47 Å². The second-order valence-corrected chi connectivity index (χ2v) is 6.46. The van der Waals surface area contributed by atoms with Crippen molar-refractivity contribution in [2.75, 3.05) is 5.43 Å². The number of nitrogens with zero attached hydrogens (tertiary/aromatic N) is 1. The van der Waals surface area contributed by atoms with E-state index in [0.29, 0.717) is 22.7 Å². The Bertz CT molecular complexity index is 996. The van der Waals surface area contributed by atoms with E-state index in [1.54, 1.807) is 55.5 Å². The van der Waals surface area contributed by atoms with Crippen molar-refractivity contribution < 1.29 is 19.1 Å². The number of anilines is 1. The van der Waals surface area contributed by atoms with Gasteiger partial charge in [-0.1, -0.05) is 48.5 Å². The third-order valence-electron chi connectivity index (χ3n) is 4.48.